The van der Waals surface area contributed by atoms with E-state index in [0.29, 0.717) is 132 Å². The number of nitrogens with two attached hydrogens (primary N) is 1. The highest BCUT2D eigenvalue weighted by Crippen LogP contribution is 2.36. The Morgan fingerprint density at radius 1 is 0.605 bits per heavy atom. The van der Waals surface area contributed by atoms with E-state index in [9.17, 15) is 28.8 Å². The van der Waals surface area contributed by atoms with Gasteiger partial charge < -0.3 is 25.2 Å². The van der Waals surface area contributed by atoms with E-state index in [0.717, 1.165) is 32.1 Å². The smallest absolute Gasteiger partial charge is 0.280 e. The third kappa shape index (κ3) is 12.0. The van der Waals surface area contributed by atoms with Crippen molar-refractivity contribution in [2.45, 2.75) is 65.2 Å². The number of hydrazone groups is 2. The van der Waals surface area contributed by atoms with Gasteiger partial charge in [-0.3, -0.25) is 28.8 Å². The fraction of sp³-hybridized carbons (Fsp3) is 0.254. The van der Waals surface area contributed by atoms with Gasteiger partial charge in [0.1, 0.15) is 23.0 Å². The van der Waals surface area contributed by atoms with Crippen molar-refractivity contribution in [2.75, 3.05) is 23.1 Å². The summed E-state index contributed by atoms with van der Waals surface area (Å²) in [5, 5.41) is 18.0. The predicted molar refractivity (Wildman–Crippen MR) is 293 cm³/mol. The van der Waals surface area contributed by atoms with Crippen LogP contribution in [0.3, 0.4) is 0 Å². The van der Waals surface area contributed by atoms with Gasteiger partial charge in [-0.1, -0.05) is 54.2 Å². The van der Waals surface area contributed by atoms with Crippen LogP contribution in [0, 0.1) is 17.8 Å². The Kier molecular flexibility index (Phi) is 14.9. The molecule has 2 aliphatic heterocycles. The van der Waals surface area contributed by atoms with E-state index in [1.165, 1.54) is 28.9 Å². The standard InChI is InChI=1S/C32H30ClN3O4.C27H23ClN4O4/c1-19-26(32(39)36(35-19)24-4-2-3-22(15-24)29(37)13-9-20-5-6-20)17-25-11-14-30(40-25)23-10-12-28(33)27(16-23)31(38)34-18-21-7-8-21;1-15-21(27(35)32(31-15)19-4-2-3-18(11-19)25(29)33)13-20-8-10-24(36-20)17-7-9-23(28)22(12-17)26(34)30-14-16-5-6-16/h2-4,10-12,14-17,20-21H,5-9,13,18H2,1H3,(H,34,38);2-4,7-13,16H,5-6,14H2,1H3,(H2,29,33)(H,30,34)/b26-17-;21-13-. The number of nitrogens with one attached hydrogen (secondary N) is 2. The van der Waals surface area contributed by atoms with E-state index < -0.39 is 5.91 Å². The number of hydrogen-bond donors (Lipinski definition) is 3. The fourth-order valence-electron chi connectivity index (χ4n) is 8.68. The summed E-state index contributed by atoms with van der Waals surface area (Å²) in [5.41, 5.74) is 11.2. The molecular weight excluding hydrogens is 1010 g/mol. The molecule has 6 aromatic rings. The number of primary amides is 1. The maximum atomic E-state index is 13.3. The van der Waals surface area contributed by atoms with Gasteiger partial charge in [-0.05, 0) is 167 Å². The monoisotopic (exact) mass is 1060 g/mol. The van der Waals surface area contributed by atoms with Crippen molar-refractivity contribution in [3.05, 3.63) is 164 Å². The molecule has 0 atom stereocenters. The summed E-state index contributed by atoms with van der Waals surface area (Å²) in [6.07, 6.45) is 11.7. The molecule has 0 saturated heterocycles. The zero-order valence-corrected chi connectivity index (χ0v) is 43.3. The number of nitrogens with zero attached hydrogens (tertiary/aromatic N) is 4. The Morgan fingerprint density at radius 3 is 1.50 bits per heavy atom. The number of carbonyl (C=O) groups excluding carboxylic acids is 6. The number of hydrogen-bond acceptors (Lipinski definition) is 10. The lowest BCUT2D eigenvalue weighted by Gasteiger charge is -2.13. The largest absolute Gasteiger partial charge is 0.457 e. The first-order valence-corrected chi connectivity index (χ1v) is 26.0. The lowest BCUT2D eigenvalue weighted by molar-refractivity contribution is -0.115. The van der Waals surface area contributed by atoms with Crippen LogP contribution in [-0.4, -0.2) is 59.8 Å². The van der Waals surface area contributed by atoms with Gasteiger partial charge in [-0.15, -0.1) is 0 Å². The van der Waals surface area contributed by atoms with Gasteiger partial charge in [-0.2, -0.15) is 20.2 Å². The quantitative estimate of drug-likeness (QED) is 0.0589. The summed E-state index contributed by atoms with van der Waals surface area (Å²) in [6, 6.07) is 30.9. The van der Waals surface area contributed by atoms with E-state index in [2.05, 4.69) is 20.8 Å². The van der Waals surface area contributed by atoms with Crippen LogP contribution in [0.5, 0.6) is 0 Å². The first-order valence-electron chi connectivity index (χ1n) is 25.3. The van der Waals surface area contributed by atoms with Crippen LogP contribution in [0.2, 0.25) is 10.0 Å². The van der Waals surface area contributed by atoms with Crippen LogP contribution in [-0.2, 0) is 9.59 Å². The number of Topliss-reactive ketones (excluding diaryl/α,β-unsaturated/α-hetero) is 1. The molecule has 0 unspecified atom stereocenters. The minimum atomic E-state index is -0.589. The second kappa shape index (κ2) is 22.0. The van der Waals surface area contributed by atoms with Gasteiger partial charge in [-0.25, -0.2) is 0 Å². The van der Waals surface area contributed by atoms with Crippen molar-refractivity contribution in [1.29, 1.82) is 0 Å². The number of anilines is 2. The van der Waals surface area contributed by atoms with E-state index >= 15 is 0 Å². The summed E-state index contributed by atoms with van der Waals surface area (Å²) in [6.45, 7) is 4.79. The molecular formula is C59H53Cl2N7O8. The molecule has 3 aliphatic carbocycles. The topological polar surface area (TPSA) is 210 Å². The first-order chi connectivity index (χ1) is 36.6. The van der Waals surface area contributed by atoms with Crippen molar-refractivity contribution in [3.63, 3.8) is 0 Å². The molecule has 76 heavy (non-hydrogen) atoms. The van der Waals surface area contributed by atoms with E-state index in [-0.39, 0.29) is 35.0 Å². The van der Waals surface area contributed by atoms with Crippen molar-refractivity contribution in [2.24, 2.45) is 33.7 Å². The van der Waals surface area contributed by atoms with Gasteiger partial charge >= 0.3 is 0 Å². The van der Waals surface area contributed by atoms with Crippen LogP contribution in [0.25, 0.3) is 34.8 Å². The minimum Gasteiger partial charge on any atom is -0.457 e. The van der Waals surface area contributed by atoms with Crippen LogP contribution < -0.4 is 26.4 Å². The molecule has 15 nitrogen and oxygen atoms in total. The Bertz CT molecular complexity index is 3470. The zero-order valence-electron chi connectivity index (χ0n) is 41.7. The number of furan rings is 2. The third-order valence-corrected chi connectivity index (χ3v) is 14.4. The van der Waals surface area contributed by atoms with Gasteiger partial charge in [0.15, 0.2) is 5.78 Å². The molecule has 2 aromatic heterocycles. The highest BCUT2D eigenvalue weighted by molar-refractivity contribution is 6.35. The van der Waals surface area contributed by atoms with Gasteiger partial charge in [0, 0.05) is 41.8 Å². The number of ketones is 1. The Labute approximate surface area is 448 Å². The molecule has 17 heteroatoms. The minimum absolute atomic E-state index is 0.0886. The molecule has 3 fully saturated rings. The average Bonchev–Trinajstić information content (AvgIpc) is 4.41. The molecule has 4 N–H and O–H groups in total. The molecule has 5 amide bonds. The highest BCUT2D eigenvalue weighted by atomic mass is 35.5. The summed E-state index contributed by atoms with van der Waals surface area (Å²) < 4.78 is 12.0. The molecule has 4 heterocycles. The van der Waals surface area contributed by atoms with E-state index in [4.69, 9.17) is 37.8 Å². The lowest BCUT2D eigenvalue weighted by atomic mass is 10.0. The summed E-state index contributed by atoms with van der Waals surface area (Å²) in [7, 11) is 0. The van der Waals surface area contributed by atoms with Gasteiger partial charge in [0.25, 0.3) is 23.6 Å². The maximum absolute atomic E-state index is 13.3. The number of benzene rings is 4. The first kappa shape index (κ1) is 51.4. The number of amides is 5. The Hall–Kier alpha value is -8.14. The number of carbonyl (C=O) groups is 6. The van der Waals surface area contributed by atoms with Crippen LogP contribution >= 0.6 is 23.2 Å². The second-order valence-electron chi connectivity index (χ2n) is 19.7. The zero-order chi connectivity index (χ0) is 53.2. The number of rotatable bonds is 17. The summed E-state index contributed by atoms with van der Waals surface area (Å²) >= 11 is 12.6. The Morgan fingerprint density at radius 2 is 1.05 bits per heavy atom. The van der Waals surface area contributed by atoms with Crippen LogP contribution in [0.1, 0.15) is 118 Å². The number of halogens is 2. The predicted octanol–water partition coefficient (Wildman–Crippen LogP) is 11.6. The lowest BCUT2D eigenvalue weighted by Crippen LogP contribution is -2.25. The molecule has 386 valence electrons. The highest BCUT2D eigenvalue weighted by Gasteiger charge is 2.32. The molecule has 3 saturated carbocycles. The Balaban J connectivity index is 0.000000174. The average molecular weight is 1060 g/mol. The van der Waals surface area contributed by atoms with Gasteiger partial charge in [0.05, 0.1) is 55.1 Å². The van der Waals surface area contributed by atoms with E-state index in [1.54, 1.807) is 129 Å². The van der Waals surface area contributed by atoms with Gasteiger partial charge in [0.2, 0.25) is 5.91 Å². The molecule has 11 rings (SSSR count). The molecule has 5 aliphatic rings. The second-order valence-corrected chi connectivity index (χ2v) is 20.5. The summed E-state index contributed by atoms with van der Waals surface area (Å²) in [5.74, 6) is 2.26. The van der Waals surface area contributed by atoms with Crippen molar-refractivity contribution in [1.82, 2.24) is 10.6 Å². The molecule has 0 radical (unpaired) electrons. The summed E-state index contributed by atoms with van der Waals surface area (Å²) in [4.78, 5) is 75.8. The van der Waals surface area contributed by atoms with E-state index in [1.807, 2.05) is 0 Å². The van der Waals surface area contributed by atoms with Crippen molar-refractivity contribution in [3.8, 4) is 22.6 Å². The van der Waals surface area contributed by atoms with Crippen molar-refractivity contribution < 1.29 is 37.6 Å². The fourth-order valence-corrected chi connectivity index (χ4v) is 9.08. The van der Waals surface area contributed by atoms with Crippen LogP contribution in [0.15, 0.2) is 139 Å². The SMILES string of the molecule is CC1=NN(c2cccc(C(=O)CCC3CC3)c2)C(=O)/C1=C\c1ccc(-c2ccc(Cl)c(C(=O)NCC3CC3)c2)o1.CC1=NN(c2cccc(C(N)=O)c2)C(=O)/C1=C\c1ccc(-c2ccc(Cl)c(C(=O)NCC3CC3)c2)o1. The molecule has 0 spiro atoms. The maximum Gasteiger partial charge on any atom is 0.280 e. The van der Waals surface area contributed by atoms with Crippen LogP contribution in [0.4, 0.5) is 11.4 Å². The molecule has 0 bridgehead atoms. The third-order valence-electron chi connectivity index (χ3n) is 13.7. The molecule has 4 aromatic carbocycles. The normalized spacial score (nSPS) is 17.2. The van der Waals surface area contributed by atoms with Crippen molar-refractivity contribution >= 4 is 93.5 Å².